The minimum Gasteiger partial charge on any atom is -0.444 e. The molecule has 3 unspecified atom stereocenters. The largest absolute Gasteiger partial charge is 0.444 e. The Morgan fingerprint density at radius 3 is 2.71 bits per heavy atom. The summed E-state index contributed by atoms with van der Waals surface area (Å²) in [4.78, 5) is 17.1. The minimum absolute atomic E-state index is 0.00117. The number of allylic oxidation sites excluding steroid dienone is 5. The van der Waals surface area contributed by atoms with Crippen LogP contribution in [0, 0.1) is 5.92 Å². The maximum absolute atomic E-state index is 13.7. The first kappa shape index (κ1) is 28.0. The summed E-state index contributed by atoms with van der Waals surface area (Å²) in [6.45, 7) is 4.67. The number of nitrogens with two attached hydrogens (primary N) is 1. The lowest BCUT2D eigenvalue weighted by atomic mass is 10.0. The van der Waals surface area contributed by atoms with Crippen molar-refractivity contribution in [2.24, 2.45) is 16.6 Å². The highest BCUT2D eigenvalue weighted by molar-refractivity contribution is 7.93. The van der Waals surface area contributed by atoms with Crippen molar-refractivity contribution in [3.8, 4) is 0 Å². The van der Waals surface area contributed by atoms with Crippen molar-refractivity contribution >= 4 is 21.8 Å². The van der Waals surface area contributed by atoms with E-state index in [9.17, 15) is 18.3 Å². The smallest absolute Gasteiger partial charge is 0.407 e. The monoisotopic (exact) mass is 544 g/mol. The number of aliphatic hydroxyl groups is 1. The van der Waals surface area contributed by atoms with Crippen LogP contribution in [0.25, 0.3) is 0 Å². The molecule has 10 nitrogen and oxygen atoms in total. The van der Waals surface area contributed by atoms with E-state index in [0.29, 0.717) is 37.6 Å². The van der Waals surface area contributed by atoms with Gasteiger partial charge in [-0.05, 0) is 30.1 Å². The second kappa shape index (κ2) is 12.2. The summed E-state index contributed by atoms with van der Waals surface area (Å²) >= 11 is 0. The first-order chi connectivity index (χ1) is 18.1. The number of carbonyl (C=O) groups is 1. The number of carbonyl (C=O) groups excluding carboxylic acids is 1. The SMILES string of the molecule is CC(C)CN(CC(O)C(Cc1ccccc1)NC(=O)OC1CCOC1)S(=O)(=O)C1=CC=C2C=C(N)N=C2C1. The van der Waals surface area contributed by atoms with Crippen LogP contribution in [0.15, 0.2) is 69.9 Å². The van der Waals surface area contributed by atoms with Crippen LogP contribution in [0.4, 0.5) is 4.79 Å². The van der Waals surface area contributed by atoms with Crippen molar-refractivity contribution in [2.75, 3.05) is 26.3 Å². The molecule has 4 N–H and O–H groups in total. The number of hydrogen-bond acceptors (Lipinski definition) is 8. The lowest BCUT2D eigenvalue weighted by Crippen LogP contribution is -2.51. The molecule has 3 atom stereocenters. The van der Waals surface area contributed by atoms with Crippen LogP contribution >= 0.6 is 0 Å². The van der Waals surface area contributed by atoms with Gasteiger partial charge in [0.2, 0.25) is 10.0 Å². The molecule has 2 aliphatic heterocycles. The predicted octanol–water partition coefficient (Wildman–Crippen LogP) is 2.23. The van der Waals surface area contributed by atoms with Crippen LogP contribution in [0.1, 0.15) is 32.3 Å². The quantitative estimate of drug-likeness (QED) is 0.388. The fourth-order valence-corrected chi connectivity index (χ4v) is 6.37. The number of ether oxygens (including phenoxy) is 2. The number of alkyl carbamates (subject to hydrolysis) is 1. The van der Waals surface area contributed by atoms with Crippen LogP contribution in [-0.4, -0.2) is 74.2 Å². The fourth-order valence-electron chi connectivity index (χ4n) is 4.64. The van der Waals surface area contributed by atoms with Crippen LogP contribution in [-0.2, 0) is 25.9 Å². The van der Waals surface area contributed by atoms with Gasteiger partial charge in [0.25, 0.3) is 0 Å². The third-order valence-corrected chi connectivity index (χ3v) is 8.47. The van der Waals surface area contributed by atoms with Crippen LogP contribution < -0.4 is 11.1 Å². The molecule has 38 heavy (non-hydrogen) atoms. The van der Waals surface area contributed by atoms with Gasteiger partial charge in [-0.3, -0.25) is 0 Å². The Bertz CT molecular complexity index is 1230. The second-order valence-corrected chi connectivity index (χ2v) is 12.2. The Morgan fingerprint density at radius 2 is 2.03 bits per heavy atom. The van der Waals surface area contributed by atoms with Crippen molar-refractivity contribution in [2.45, 2.75) is 51.4 Å². The number of rotatable bonds is 11. The molecule has 1 amide bonds. The van der Waals surface area contributed by atoms with E-state index >= 15 is 0 Å². The Morgan fingerprint density at radius 1 is 1.26 bits per heavy atom. The molecule has 0 saturated carbocycles. The average Bonchev–Trinajstić information content (AvgIpc) is 3.51. The lowest BCUT2D eigenvalue weighted by Gasteiger charge is -2.31. The van der Waals surface area contributed by atoms with Crippen molar-refractivity contribution in [3.05, 3.63) is 70.4 Å². The van der Waals surface area contributed by atoms with Crippen molar-refractivity contribution < 1.29 is 27.8 Å². The van der Waals surface area contributed by atoms with Gasteiger partial charge >= 0.3 is 6.09 Å². The third kappa shape index (κ3) is 7.10. The normalized spacial score (nSPS) is 20.8. The standard InChI is InChI=1S/C27H36N4O6S/c1-18(2)15-31(38(34,35)22-9-8-20-13-26(28)29-23(20)14-22)16-25(32)24(12-19-6-4-3-5-7-19)30-27(33)37-21-10-11-36-17-21/h3-9,13,18,21,24-25,32H,10-12,14-17,28H2,1-2H3,(H,30,33). The molecule has 1 fully saturated rings. The summed E-state index contributed by atoms with van der Waals surface area (Å²) in [5.41, 5.74) is 8.09. The Hall–Kier alpha value is -2.99. The van der Waals surface area contributed by atoms with Gasteiger partial charge in [-0.25, -0.2) is 18.2 Å². The molecule has 0 bridgehead atoms. The van der Waals surface area contributed by atoms with E-state index in [0.717, 1.165) is 11.1 Å². The Kier molecular flexibility index (Phi) is 9.03. The lowest BCUT2D eigenvalue weighted by molar-refractivity contribution is 0.0644. The van der Waals surface area contributed by atoms with Gasteiger partial charge < -0.3 is 25.6 Å². The van der Waals surface area contributed by atoms with Crippen LogP contribution in [0.3, 0.4) is 0 Å². The zero-order valence-electron chi connectivity index (χ0n) is 21.7. The Labute approximate surface area is 223 Å². The highest BCUT2D eigenvalue weighted by Crippen LogP contribution is 2.29. The molecule has 0 spiro atoms. The van der Waals surface area contributed by atoms with Gasteiger partial charge in [0.15, 0.2) is 0 Å². The fraction of sp³-hybridized carbons (Fsp3) is 0.481. The highest BCUT2D eigenvalue weighted by atomic mass is 32.2. The van der Waals surface area contributed by atoms with Gasteiger partial charge in [0.1, 0.15) is 11.9 Å². The zero-order valence-corrected chi connectivity index (χ0v) is 22.6. The number of sulfonamides is 1. The van der Waals surface area contributed by atoms with E-state index in [1.165, 1.54) is 4.31 Å². The molecular formula is C27H36N4O6S. The summed E-state index contributed by atoms with van der Waals surface area (Å²) in [5.74, 6) is 0.347. The summed E-state index contributed by atoms with van der Waals surface area (Å²) in [6, 6.07) is 8.61. The summed E-state index contributed by atoms with van der Waals surface area (Å²) < 4.78 is 39.5. The van der Waals surface area contributed by atoms with Gasteiger partial charge in [-0.15, -0.1) is 0 Å². The van der Waals surface area contributed by atoms with E-state index in [1.54, 1.807) is 18.2 Å². The minimum atomic E-state index is -3.94. The number of aliphatic hydroxyl groups excluding tert-OH is 1. The molecule has 206 valence electrons. The van der Waals surface area contributed by atoms with E-state index in [4.69, 9.17) is 15.2 Å². The van der Waals surface area contributed by atoms with E-state index in [-0.39, 0.29) is 36.4 Å². The number of nitrogens with zero attached hydrogens (tertiary/aromatic N) is 2. The van der Waals surface area contributed by atoms with Gasteiger partial charge in [0, 0.05) is 31.5 Å². The van der Waals surface area contributed by atoms with Gasteiger partial charge in [0.05, 0.1) is 36.0 Å². The predicted molar refractivity (Wildman–Crippen MR) is 145 cm³/mol. The maximum atomic E-state index is 13.7. The van der Waals surface area contributed by atoms with E-state index < -0.39 is 28.3 Å². The highest BCUT2D eigenvalue weighted by Gasteiger charge is 2.35. The molecule has 0 radical (unpaired) electrons. The molecule has 1 aliphatic carbocycles. The zero-order chi connectivity index (χ0) is 27.3. The Balaban J connectivity index is 1.52. The first-order valence-corrected chi connectivity index (χ1v) is 14.3. The number of hydrogen-bond donors (Lipinski definition) is 3. The summed E-state index contributed by atoms with van der Waals surface area (Å²) in [5, 5.41) is 14.1. The molecule has 1 saturated heterocycles. The topological polar surface area (TPSA) is 144 Å². The number of benzene rings is 1. The van der Waals surface area contributed by atoms with Crippen LogP contribution in [0.5, 0.6) is 0 Å². The number of amides is 1. The summed E-state index contributed by atoms with van der Waals surface area (Å²) in [7, 11) is -3.94. The number of nitrogens with one attached hydrogen (secondary N) is 1. The third-order valence-electron chi connectivity index (χ3n) is 6.55. The molecule has 4 rings (SSSR count). The molecule has 0 aromatic heterocycles. The molecule has 11 heteroatoms. The first-order valence-electron chi connectivity index (χ1n) is 12.8. The average molecular weight is 545 g/mol. The maximum Gasteiger partial charge on any atom is 0.407 e. The molecule has 3 aliphatic rings. The van der Waals surface area contributed by atoms with Crippen molar-refractivity contribution in [1.29, 1.82) is 0 Å². The molecule has 1 aromatic carbocycles. The van der Waals surface area contributed by atoms with Gasteiger partial charge in [-0.1, -0.05) is 50.3 Å². The van der Waals surface area contributed by atoms with Crippen LogP contribution in [0.2, 0.25) is 0 Å². The molecular weight excluding hydrogens is 508 g/mol. The van der Waals surface area contributed by atoms with E-state index in [1.807, 2.05) is 44.2 Å². The number of fused-ring (bicyclic) bond motifs is 1. The second-order valence-electron chi connectivity index (χ2n) is 10.2. The summed E-state index contributed by atoms with van der Waals surface area (Å²) in [6.07, 6.45) is 3.78. The van der Waals surface area contributed by atoms with E-state index in [2.05, 4.69) is 10.3 Å². The number of aliphatic imine (C=N–C) groups is 1. The van der Waals surface area contributed by atoms with Crippen molar-refractivity contribution in [1.82, 2.24) is 9.62 Å². The van der Waals surface area contributed by atoms with Gasteiger partial charge in [-0.2, -0.15) is 4.31 Å². The molecule has 2 heterocycles. The molecule has 1 aromatic rings. The van der Waals surface area contributed by atoms with Crippen molar-refractivity contribution in [3.63, 3.8) is 0 Å².